The van der Waals surface area contributed by atoms with Crippen LogP contribution in [0.5, 0.6) is 0 Å². The van der Waals surface area contributed by atoms with Gasteiger partial charge < -0.3 is 10.5 Å². The van der Waals surface area contributed by atoms with Crippen molar-refractivity contribution in [2.24, 2.45) is 11.8 Å². The molecule has 0 bridgehead atoms. The fourth-order valence-electron chi connectivity index (χ4n) is 5.78. The number of pyridine rings is 1. The van der Waals surface area contributed by atoms with Crippen molar-refractivity contribution < 1.29 is 17.9 Å². The first kappa shape index (κ1) is 21.7. The summed E-state index contributed by atoms with van der Waals surface area (Å²) in [5.74, 6) is 1.16. The fraction of sp³-hybridized carbons (Fsp3) is 0.652. The zero-order valence-corrected chi connectivity index (χ0v) is 18.6. The molecule has 3 heterocycles. The van der Waals surface area contributed by atoms with Gasteiger partial charge in [0.05, 0.1) is 24.0 Å². The molecular weight excluding hydrogens is 419 g/mol. The van der Waals surface area contributed by atoms with E-state index in [1.165, 1.54) is 19.0 Å². The lowest BCUT2D eigenvalue weighted by atomic mass is 10.0. The average Bonchev–Trinajstić information content (AvgIpc) is 3.08. The Hall–Kier alpha value is -2.13. The highest BCUT2D eigenvalue weighted by atomic mass is 19.4. The van der Waals surface area contributed by atoms with E-state index in [0.717, 1.165) is 31.5 Å². The summed E-state index contributed by atoms with van der Waals surface area (Å²) in [5.41, 5.74) is 6.55. The van der Waals surface area contributed by atoms with Crippen LogP contribution in [0, 0.1) is 11.8 Å². The van der Waals surface area contributed by atoms with E-state index < -0.39 is 17.6 Å². The molecule has 3 fully saturated rings. The van der Waals surface area contributed by atoms with Crippen LogP contribution in [0.2, 0.25) is 0 Å². The van der Waals surface area contributed by atoms with E-state index >= 15 is 0 Å². The number of nitrogen functional groups attached to an aromatic ring is 1. The van der Waals surface area contributed by atoms with Crippen LogP contribution < -0.4 is 5.73 Å². The molecule has 5 atom stereocenters. The number of halogens is 3. The summed E-state index contributed by atoms with van der Waals surface area (Å²) in [6.07, 6.45) is -0.540. The van der Waals surface area contributed by atoms with Crippen molar-refractivity contribution in [3.8, 4) is 11.3 Å². The van der Waals surface area contributed by atoms with E-state index in [1.807, 2.05) is 10.7 Å². The molecule has 2 saturated carbocycles. The maximum absolute atomic E-state index is 13.3. The van der Waals surface area contributed by atoms with Gasteiger partial charge in [-0.3, -0.25) is 9.58 Å². The van der Waals surface area contributed by atoms with Crippen LogP contribution in [0.25, 0.3) is 11.3 Å². The molecule has 1 aliphatic heterocycles. The van der Waals surface area contributed by atoms with E-state index in [9.17, 15) is 13.2 Å². The van der Waals surface area contributed by atoms with Crippen LogP contribution in [-0.4, -0.2) is 51.5 Å². The molecule has 0 spiro atoms. The summed E-state index contributed by atoms with van der Waals surface area (Å²) >= 11 is 0. The first-order chi connectivity index (χ1) is 15.1. The first-order valence-electron chi connectivity index (χ1n) is 11.4. The quantitative estimate of drug-likeness (QED) is 0.752. The summed E-state index contributed by atoms with van der Waals surface area (Å²) in [5, 5.41) is 4.68. The molecule has 2 N–H and O–H groups in total. The molecule has 0 radical (unpaired) electrons. The van der Waals surface area contributed by atoms with Gasteiger partial charge >= 0.3 is 6.18 Å². The predicted molar refractivity (Wildman–Crippen MR) is 115 cm³/mol. The molecular formula is C23H30F3N5O. The maximum atomic E-state index is 13.3. The number of anilines is 1. The number of nitrogens with two attached hydrogens (primary N) is 1. The van der Waals surface area contributed by atoms with Crippen LogP contribution >= 0.6 is 0 Å². The molecule has 9 heteroatoms. The Labute approximate surface area is 185 Å². The first-order valence-corrected chi connectivity index (χ1v) is 11.4. The monoisotopic (exact) mass is 449 g/mol. The Morgan fingerprint density at radius 2 is 1.91 bits per heavy atom. The average molecular weight is 450 g/mol. The molecule has 2 aromatic heterocycles. The molecule has 5 rings (SSSR count). The van der Waals surface area contributed by atoms with Crippen molar-refractivity contribution in [2.75, 3.05) is 25.4 Å². The van der Waals surface area contributed by atoms with Gasteiger partial charge in [-0.15, -0.1) is 0 Å². The predicted octanol–water partition coefficient (Wildman–Crippen LogP) is 4.34. The number of hydrogen-bond acceptors (Lipinski definition) is 5. The third-order valence-corrected chi connectivity index (χ3v) is 7.32. The molecule has 1 saturated heterocycles. The van der Waals surface area contributed by atoms with Crippen molar-refractivity contribution in [2.45, 2.75) is 63.9 Å². The Balaban J connectivity index is 1.37. The SMILES string of the molecule is CC(C)n1nc(-c2cnc(N)c(C(F)(F)F)c2)cc1C1[C@H]2CC(N3CCO[C@H](C)C3)C[C@@H]12. The van der Waals surface area contributed by atoms with Gasteiger partial charge in [0.2, 0.25) is 0 Å². The van der Waals surface area contributed by atoms with Gasteiger partial charge in [-0.2, -0.15) is 18.3 Å². The highest BCUT2D eigenvalue weighted by molar-refractivity contribution is 5.63. The van der Waals surface area contributed by atoms with E-state index in [1.54, 1.807) is 0 Å². The van der Waals surface area contributed by atoms with Crippen molar-refractivity contribution in [1.29, 1.82) is 0 Å². The van der Waals surface area contributed by atoms with Crippen molar-refractivity contribution in [3.63, 3.8) is 0 Å². The minimum Gasteiger partial charge on any atom is -0.383 e. The number of aromatic nitrogens is 3. The Morgan fingerprint density at radius 1 is 1.19 bits per heavy atom. The highest BCUT2D eigenvalue weighted by Crippen LogP contribution is 2.64. The molecule has 6 nitrogen and oxygen atoms in total. The standard InChI is InChI=1S/C23H30F3N5O/c1-12(2)31-20(9-19(29-31)14-6-18(23(24,25)26)22(27)28-10-14)21-16-7-15(8-17(16)21)30-4-5-32-13(3)11-30/h6,9-10,12-13,15-17,21H,4-5,7-8,11H2,1-3H3,(H2,27,28)/t13-,15?,16-,17+,21?/m1/s1. The molecule has 2 unspecified atom stereocenters. The normalized spacial score (nSPS) is 30.7. The van der Waals surface area contributed by atoms with E-state index in [2.05, 4.69) is 35.8 Å². The third kappa shape index (κ3) is 3.79. The van der Waals surface area contributed by atoms with Crippen LogP contribution in [0.1, 0.15) is 56.8 Å². The number of alkyl halides is 3. The van der Waals surface area contributed by atoms with Gasteiger partial charge in [0.1, 0.15) is 5.82 Å². The van der Waals surface area contributed by atoms with Gasteiger partial charge in [0.15, 0.2) is 0 Å². The Kier molecular flexibility index (Phi) is 5.24. The van der Waals surface area contributed by atoms with Crippen molar-refractivity contribution >= 4 is 5.82 Å². The molecule has 2 aromatic rings. The maximum Gasteiger partial charge on any atom is 0.419 e. The summed E-state index contributed by atoms with van der Waals surface area (Å²) in [6, 6.07) is 3.75. The van der Waals surface area contributed by atoms with Crippen LogP contribution in [0.3, 0.4) is 0 Å². The molecule has 0 aromatic carbocycles. The lowest BCUT2D eigenvalue weighted by Crippen LogP contribution is -2.46. The zero-order chi connectivity index (χ0) is 22.8. The molecule has 32 heavy (non-hydrogen) atoms. The smallest absolute Gasteiger partial charge is 0.383 e. The fourth-order valence-corrected chi connectivity index (χ4v) is 5.78. The summed E-state index contributed by atoms with van der Waals surface area (Å²) in [6.45, 7) is 9.03. The number of nitrogens with zero attached hydrogens (tertiary/aromatic N) is 4. The number of ether oxygens (including phenoxy) is 1. The lowest BCUT2D eigenvalue weighted by molar-refractivity contribution is -0.137. The van der Waals surface area contributed by atoms with E-state index in [0.29, 0.717) is 35.1 Å². The molecule has 2 aliphatic carbocycles. The van der Waals surface area contributed by atoms with Crippen LogP contribution in [0.4, 0.5) is 19.0 Å². The van der Waals surface area contributed by atoms with E-state index in [4.69, 9.17) is 10.5 Å². The van der Waals surface area contributed by atoms with Crippen molar-refractivity contribution in [3.05, 3.63) is 29.6 Å². The molecule has 3 aliphatic rings. The summed E-state index contributed by atoms with van der Waals surface area (Å²) < 4.78 is 47.6. The van der Waals surface area contributed by atoms with E-state index in [-0.39, 0.29) is 12.1 Å². The third-order valence-electron chi connectivity index (χ3n) is 7.32. The number of morpholine rings is 1. The highest BCUT2D eigenvalue weighted by Gasteiger charge is 2.58. The number of hydrogen-bond donors (Lipinski definition) is 1. The van der Waals surface area contributed by atoms with Gasteiger partial charge in [0.25, 0.3) is 0 Å². The van der Waals surface area contributed by atoms with Gasteiger partial charge in [-0.1, -0.05) is 0 Å². The van der Waals surface area contributed by atoms with Crippen LogP contribution in [0.15, 0.2) is 18.3 Å². The van der Waals surface area contributed by atoms with Gasteiger partial charge in [0, 0.05) is 48.5 Å². The molecule has 0 amide bonds. The Morgan fingerprint density at radius 3 is 2.53 bits per heavy atom. The van der Waals surface area contributed by atoms with Crippen molar-refractivity contribution in [1.82, 2.24) is 19.7 Å². The topological polar surface area (TPSA) is 69.2 Å². The summed E-state index contributed by atoms with van der Waals surface area (Å²) in [7, 11) is 0. The largest absolute Gasteiger partial charge is 0.419 e. The second-order valence-corrected chi connectivity index (χ2v) is 9.80. The second-order valence-electron chi connectivity index (χ2n) is 9.80. The summed E-state index contributed by atoms with van der Waals surface area (Å²) in [4.78, 5) is 6.35. The minimum absolute atomic E-state index is 0.125. The number of fused-ring (bicyclic) bond motifs is 1. The molecule has 174 valence electrons. The van der Waals surface area contributed by atoms with Gasteiger partial charge in [-0.25, -0.2) is 4.98 Å². The second kappa shape index (κ2) is 7.73. The van der Waals surface area contributed by atoms with Crippen LogP contribution in [-0.2, 0) is 10.9 Å². The van der Waals surface area contributed by atoms with Gasteiger partial charge in [-0.05, 0) is 57.6 Å². The zero-order valence-electron chi connectivity index (χ0n) is 18.6. The lowest BCUT2D eigenvalue weighted by Gasteiger charge is -2.36. The minimum atomic E-state index is -4.55. The number of rotatable bonds is 4. The Bertz CT molecular complexity index is 992.